The highest BCUT2D eigenvalue weighted by atomic mass is 35.5. The van der Waals surface area contributed by atoms with Crippen molar-refractivity contribution in [2.24, 2.45) is 13.0 Å². The zero-order valence-electron chi connectivity index (χ0n) is 19.4. The average molecular weight is 480 g/mol. The summed E-state index contributed by atoms with van der Waals surface area (Å²) >= 11 is 6.25. The van der Waals surface area contributed by atoms with E-state index in [1.807, 2.05) is 52.1 Å². The Bertz CT molecular complexity index is 1320. The Balaban J connectivity index is 1.43. The van der Waals surface area contributed by atoms with Crippen LogP contribution < -0.4 is 15.4 Å². The molecule has 0 spiro atoms. The van der Waals surface area contributed by atoms with E-state index in [1.165, 1.54) is 6.20 Å². The first kappa shape index (κ1) is 23.4. The third-order valence-corrected chi connectivity index (χ3v) is 5.34. The number of carbonyl (C=O) groups is 1. The quantitative estimate of drug-likeness (QED) is 0.371. The summed E-state index contributed by atoms with van der Waals surface area (Å²) in [6.45, 7) is 6.58. The molecular formula is C24H26ClN7O2. The molecule has 1 amide bonds. The van der Waals surface area contributed by atoms with Crippen molar-refractivity contribution >= 4 is 40.2 Å². The van der Waals surface area contributed by atoms with E-state index in [1.54, 1.807) is 23.1 Å². The van der Waals surface area contributed by atoms with E-state index in [9.17, 15) is 4.79 Å². The lowest BCUT2D eigenvalue weighted by atomic mass is 10.1. The molecule has 4 rings (SSSR count). The van der Waals surface area contributed by atoms with Crippen molar-refractivity contribution in [3.8, 4) is 5.88 Å². The fourth-order valence-electron chi connectivity index (χ4n) is 3.28. The Morgan fingerprint density at radius 2 is 1.97 bits per heavy atom. The standard InChI is InChI=1S/C24H26ClN7O2/c1-14(2)13-34-24-19(25)9-17(10-27-24)23(33)30-18-7-5-6-16(8-18)15(3)29-21-12-26-20-11-28-32(4)22(20)31-21/h5-12,14-15H,13H2,1-4H3,(H,29,31)(H,30,33)/t15-/m0/s1. The van der Waals surface area contributed by atoms with Crippen LogP contribution in [-0.2, 0) is 7.05 Å². The summed E-state index contributed by atoms with van der Waals surface area (Å²) in [6.07, 6.45) is 4.81. The lowest BCUT2D eigenvalue weighted by Gasteiger charge is -2.16. The van der Waals surface area contributed by atoms with Crippen LogP contribution in [-0.4, -0.2) is 37.2 Å². The molecule has 176 valence electrons. The first-order valence-corrected chi connectivity index (χ1v) is 11.3. The minimum absolute atomic E-state index is 0.0784. The van der Waals surface area contributed by atoms with Crippen molar-refractivity contribution in [1.82, 2.24) is 24.7 Å². The number of nitrogens with zero attached hydrogens (tertiary/aromatic N) is 5. The van der Waals surface area contributed by atoms with Gasteiger partial charge in [0.1, 0.15) is 16.4 Å². The molecule has 0 fully saturated rings. The molecule has 0 aliphatic carbocycles. The Morgan fingerprint density at radius 3 is 2.74 bits per heavy atom. The van der Waals surface area contributed by atoms with Crippen molar-refractivity contribution in [3.63, 3.8) is 0 Å². The van der Waals surface area contributed by atoms with Gasteiger partial charge < -0.3 is 15.4 Å². The minimum Gasteiger partial charge on any atom is -0.476 e. The summed E-state index contributed by atoms with van der Waals surface area (Å²) in [5.74, 6) is 0.991. The maximum atomic E-state index is 12.8. The van der Waals surface area contributed by atoms with Crippen LogP contribution in [0, 0.1) is 5.92 Å². The van der Waals surface area contributed by atoms with Crippen LogP contribution >= 0.6 is 11.6 Å². The number of anilines is 2. The number of aromatic nitrogens is 5. The number of halogens is 1. The highest BCUT2D eigenvalue weighted by Gasteiger charge is 2.14. The second-order valence-electron chi connectivity index (χ2n) is 8.39. The second kappa shape index (κ2) is 10.0. The molecule has 0 saturated heterocycles. The summed E-state index contributed by atoms with van der Waals surface area (Å²) in [6, 6.07) is 9.06. The van der Waals surface area contributed by atoms with Crippen molar-refractivity contribution in [2.75, 3.05) is 17.2 Å². The Hall–Kier alpha value is -3.72. The molecule has 9 nitrogen and oxygen atoms in total. The lowest BCUT2D eigenvalue weighted by Crippen LogP contribution is -2.14. The van der Waals surface area contributed by atoms with Crippen LogP contribution in [0.4, 0.5) is 11.5 Å². The molecule has 0 unspecified atom stereocenters. The largest absolute Gasteiger partial charge is 0.476 e. The highest BCUT2D eigenvalue weighted by molar-refractivity contribution is 6.32. The number of benzene rings is 1. The fourth-order valence-corrected chi connectivity index (χ4v) is 3.50. The molecule has 10 heteroatoms. The van der Waals surface area contributed by atoms with Gasteiger partial charge in [0, 0.05) is 18.9 Å². The van der Waals surface area contributed by atoms with Gasteiger partial charge in [-0.3, -0.25) is 4.79 Å². The van der Waals surface area contributed by atoms with E-state index in [-0.39, 0.29) is 11.9 Å². The number of nitrogens with one attached hydrogen (secondary N) is 2. The summed E-state index contributed by atoms with van der Waals surface area (Å²) < 4.78 is 7.25. The molecule has 34 heavy (non-hydrogen) atoms. The summed E-state index contributed by atoms with van der Waals surface area (Å²) in [5, 5.41) is 10.7. The second-order valence-corrected chi connectivity index (χ2v) is 8.80. The number of hydrogen-bond acceptors (Lipinski definition) is 7. The number of aryl methyl sites for hydroxylation is 1. The van der Waals surface area contributed by atoms with E-state index in [0.29, 0.717) is 46.1 Å². The van der Waals surface area contributed by atoms with Crippen LogP contribution in [0.25, 0.3) is 11.2 Å². The topological polar surface area (TPSA) is 107 Å². The van der Waals surface area contributed by atoms with Crippen LogP contribution in [0.3, 0.4) is 0 Å². The van der Waals surface area contributed by atoms with Crippen molar-refractivity contribution in [1.29, 1.82) is 0 Å². The van der Waals surface area contributed by atoms with Crippen LogP contribution in [0.2, 0.25) is 5.02 Å². The number of fused-ring (bicyclic) bond motifs is 1. The maximum absolute atomic E-state index is 12.8. The summed E-state index contributed by atoms with van der Waals surface area (Å²) in [4.78, 5) is 25.9. The molecule has 0 aliphatic heterocycles. The van der Waals surface area contributed by atoms with Gasteiger partial charge in [-0.25, -0.2) is 19.6 Å². The van der Waals surface area contributed by atoms with Crippen LogP contribution in [0.15, 0.2) is 48.9 Å². The van der Waals surface area contributed by atoms with Gasteiger partial charge in [-0.2, -0.15) is 5.10 Å². The SMILES string of the molecule is CC(C)COc1ncc(C(=O)Nc2cccc([C@H](C)Nc3cnc4cnn(C)c4n3)c2)cc1Cl. The molecule has 3 heterocycles. The molecule has 0 bridgehead atoms. The van der Waals surface area contributed by atoms with E-state index in [2.05, 4.69) is 30.7 Å². The molecule has 4 aromatic rings. The molecule has 0 aliphatic rings. The molecule has 3 aromatic heterocycles. The number of pyridine rings is 1. The van der Waals surface area contributed by atoms with E-state index >= 15 is 0 Å². The number of ether oxygens (including phenoxy) is 1. The molecule has 2 N–H and O–H groups in total. The van der Waals surface area contributed by atoms with Crippen molar-refractivity contribution in [2.45, 2.75) is 26.8 Å². The smallest absolute Gasteiger partial charge is 0.257 e. The summed E-state index contributed by atoms with van der Waals surface area (Å²) in [5.41, 5.74) is 3.41. The Kier molecular flexibility index (Phi) is 6.93. The van der Waals surface area contributed by atoms with Gasteiger partial charge >= 0.3 is 0 Å². The third-order valence-electron chi connectivity index (χ3n) is 5.07. The highest BCUT2D eigenvalue weighted by Crippen LogP contribution is 2.25. The lowest BCUT2D eigenvalue weighted by molar-refractivity contribution is 0.102. The van der Waals surface area contributed by atoms with Gasteiger partial charge in [-0.05, 0) is 36.6 Å². The zero-order valence-corrected chi connectivity index (χ0v) is 20.2. The third kappa shape index (κ3) is 5.43. The van der Waals surface area contributed by atoms with Crippen LogP contribution in [0.1, 0.15) is 42.7 Å². The molecule has 1 aromatic carbocycles. The predicted octanol–water partition coefficient (Wildman–Crippen LogP) is 4.87. The van der Waals surface area contributed by atoms with Gasteiger partial charge in [0.15, 0.2) is 5.65 Å². The van der Waals surface area contributed by atoms with E-state index < -0.39 is 0 Å². The molecule has 1 atom stereocenters. The van der Waals surface area contributed by atoms with E-state index in [0.717, 1.165) is 11.1 Å². The monoisotopic (exact) mass is 479 g/mol. The molecule has 0 radical (unpaired) electrons. The number of amides is 1. The first-order valence-electron chi connectivity index (χ1n) is 10.9. The average Bonchev–Trinajstić information content (AvgIpc) is 3.18. The van der Waals surface area contributed by atoms with Gasteiger partial charge in [0.05, 0.1) is 30.6 Å². The Labute approximate surface area is 202 Å². The normalized spacial score (nSPS) is 12.1. The van der Waals surface area contributed by atoms with Gasteiger partial charge in [-0.15, -0.1) is 0 Å². The molecule has 0 saturated carbocycles. The van der Waals surface area contributed by atoms with Crippen molar-refractivity contribution in [3.05, 3.63) is 65.1 Å². The molecular weight excluding hydrogens is 454 g/mol. The predicted molar refractivity (Wildman–Crippen MR) is 132 cm³/mol. The maximum Gasteiger partial charge on any atom is 0.257 e. The minimum atomic E-state index is -0.310. The number of carbonyl (C=O) groups excluding carboxylic acids is 1. The number of hydrogen-bond donors (Lipinski definition) is 2. The number of rotatable bonds is 8. The zero-order chi connectivity index (χ0) is 24.2. The first-order chi connectivity index (χ1) is 16.3. The summed E-state index contributed by atoms with van der Waals surface area (Å²) in [7, 11) is 1.82. The van der Waals surface area contributed by atoms with E-state index in [4.69, 9.17) is 16.3 Å². The van der Waals surface area contributed by atoms with Gasteiger partial charge in [0.2, 0.25) is 5.88 Å². The van der Waals surface area contributed by atoms with Crippen LogP contribution in [0.5, 0.6) is 5.88 Å². The fraction of sp³-hybridized carbons (Fsp3) is 0.292. The van der Waals surface area contributed by atoms with Gasteiger partial charge in [0.25, 0.3) is 5.91 Å². The van der Waals surface area contributed by atoms with Gasteiger partial charge in [-0.1, -0.05) is 37.6 Å². The van der Waals surface area contributed by atoms with Crippen molar-refractivity contribution < 1.29 is 9.53 Å². The Morgan fingerprint density at radius 1 is 1.15 bits per heavy atom.